The molecule has 1 saturated heterocycles. The van der Waals surface area contributed by atoms with Crippen LogP contribution in [0.2, 0.25) is 0 Å². The van der Waals surface area contributed by atoms with Crippen molar-refractivity contribution < 1.29 is 28.5 Å². The van der Waals surface area contributed by atoms with Gasteiger partial charge in [-0.2, -0.15) is 0 Å². The van der Waals surface area contributed by atoms with Gasteiger partial charge < -0.3 is 23.7 Å². The Morgan fingerprint density at radius 1 is 1.15 bits per heavy atom. The highest BCUT2D eigenvalue weighted by molar-refractivity contribution is 5.93. The molecule has 0 amide bonds. The molecular weight excluding hydrogens is 336 g/mol. The second kappa shape index (κ2) is 12.6. The monoisotopic (exact) mass is 364 g/mol. The van der Waals surface area contributed by atoms with Crippen LogP contribution in [-0.2, 0) is 23.7 Å². The van der Waals surface area contributed by atoms with Crippen LogP contribution >= 0.6 is 0 Å². The first-order valence-electron chi connectivity index (χ1n) is 9.04. The number of benzene rings is 1. The number of carbonyl (C=O) groups excluding carboxylic acids is 1. The Morgan fingerprint density at radius 2 is 1.96 bits per heavy atom. The molecule has 1 unspecified atom stereocenters. The van der Waals surface area contributed by atoms with Crippen molar-refractivity contribution in [2.45, 2.75) is 25.6 Å². The van der Waals surface area contributed by atoms with Gasteiger partial charge >= 0.3 is 5.97 Å². The molecule has 0 bridgehead atoms. The summed E-state index contributed by atoms with van der Waals surface area (Å²) in [5, 5.41) is 0. The van der Waals surface area contributed by atoms with Crippen LogP contribution in [0.3, 0.4) is 0 Å². The van der Waals surface area contributed by atoms with Crippen molar-refractivity contribution in [1.29, 1.82) is 0 Å². The molecule has 144 valence electrons. The summed E-state index contributed by atoms with van der Waals surface area (Å²) in [6.45, 7) is 3.33. The Kier molecular flexibility index (Phi) is 9.97. The highest BCUT2D eigenvalue weighted by Gasteiger charge is 2.13. The standard InChI is InChI=1S/C20H28O6/c1-22-20(21)18-9-3-2-7-17(18)8-6-11-23-13-14-24-15-16-26-19-10-4-5-12-25-19/h2-3,6-9,19H,4-5,10-16H2,1H3/b8-6+. The van der Waals surface area contributed by atoms with E-state index in [2.05, 4.69) is 0 Å². The van der Waals surface area contributed by atoms with Gasteiger partial charge in [-0.1, -0.05) is 30.4 Å². The van der Waals surface area contributed by atoms with Crippen molar-refractivity contribution in [3.63, 3.8) is 0 Å². The fourth-order valence-corrected chi connectivity index (χ4v) is 2.57. The molecule has 0 saturated carbocycles. The molecule has 0 radical (unpaired) electrons. The van der Waals surface area contributed by atoms with Gasteiger partial charge in [0.2, 0.25) is 0 Å². The van der Waals surface area contributed by atoms with Crippen LogP contribution < -0.4 is 0 Å². The summed E-state index contributed by atoms with van der Waals surface area (Å²) in [6.07, 6.45) is 6.90. The third-order valence-corrected chi connectivity index (χ3v) is 3.92. The van der Waals surface area contributed by atoms with Gasteiger partial charge in [0.1, 0.15) is 0 Å². The summed E-state index contributed by atoms with van der Waals surface area (Å²) >= 11 is 0. The summed E-state index contributed by atoms with van der Waals surface area (Å²) in [4.78, 5) is 11.7. The van der Waals surface area contributed by atoms with E-state index in [1.165, 1.54) is 7.11 Å². The Morgan fingerprint density at radius 3 is 2.77 bits per heavy atom. The van der Waals surface area contributed by atoms with E-state index in [4.69, 9.17) is 23.7 Å². The number of rotatable bonds is 11. The molecule has 0 aliphatic carbocycles. The summed E-state index contributed by atoms with van der Waals surface area (Å²) in [6, 6.07) is 7.28. The molecular formula is C20H28O6. The maximum absolute atomic E-state index is 11.7. The quantitative estimate of drug-likeness (QED) is 0.444. The Labute approximate surface area is 155 Å². The van der Waals surface area contributed by atoms with E-state index in [9.17, 15) is 4.79 Å². The average Bonchev–Trinajstić information content (AvgIpc) is 2.70. The van der Waals surface area contributed by atoms with Crippen LogP contribution in [0.15, 0.2) is 30.3 Å². The number of esters is 1. The molecule has 2 rings (SSSR count). The van der Waals surface area contributed by atoms with Gasteiger partial charge in [0.25, 0.3) is 0 Å². The first-order chi connectivity index (χ1) is 12.8. The van der Waals surface area contributed by atoms with Gasteiger partial charge in [-0.25, -0.2) is 4.79 Å². The Hall–Kier alpha value is -1.73. The van der Waals surface area contributed by atoms with Crippen molar-refractivity contribution in [2.75, 3.05) is 46.8 Å². The van der Waals surface area contributed by atoms with Crippen molar-refractivity contribution in [1.82, 2.24) is 0 Å². The van der Waals surface area contributed by atoms with Crippen LogP contribution in [0.1, 0.15) is 35.2 Å². The van der Waals surface area contributed by atoms with Gasteiger partial charge in [-0.15, -0.1) is 0 Å². The number of hydrogen-bond donors (Lipinski definition) is 0. The van der Waals surface area contributed by atoms with Gasteiger partial charge in [0.15, 0.2) is 6.29 Å². The lowest BCUT2D eigenvalue weighted by Gasteiger charge is -2.22. The molecule has 0 aromatic heterocycles. The fraction of sp³-hybridized carbons (Fsp3) is 0.550. The molecule has 1 aromatic carbocycles. The number of methoxy groups -OCH3 is 1. The van der Waals surface area contributed by atoms with E-state index < -0.39 is 0 Å². The van der Waals surface area contributed by atoms with E-state index >= 15 is 0 Å². The zero-order valence-corrected chi connectivity index (χ0v) is 15.4. The predicted molar refractivity (Wildman–Crippen MR) is 98.0 cm³/mol. The van der Waals surface area contributed by atoms with Crippen molar-refractivity contribution in [3.8, 4) is 0 Å². The zero-order valence-electron chi connectivity index (χ0n) is 15.4. The Balaban J connectivity index is 1.51. The summed E-state index contributed by atoms with van der Waals surface area (Å²) in [7, 11) is 1.37. The van der Waals surface area contributed by atoms with Gasteiger partial charge in [0.05, 0.1) is 45.7 Å². The smallest absolute Gasteiger partial charge is 0.338 e. The molecule has 1 atom stereocenters. The lowest BCUT2D eigenvalue weighted by molar-refractivity contribution is -0.169. The number of carbonyl (C=O) groups is 1. The van der Waals surface area contributed by atoms with Crippen LogP contribution in [0.5, 0.6) is 0 Å². The first kappa shape index (κ1) is 20.6. The van der Waals surface area contributed by atoms with Crippen molar-refractivity contribution >= 4 is 12.0 Å². The second-order valence-corrected chi connectivity index (χ2v) is 5.84. The third kappa shape index (κ3) is 7.66. The summed E-state index contributed by atoms with van der Waals surface area (Å²) in [5.74, 6) is -0.347. The largest absolute Gasteiger partial charge is 0.465 e. The minimum absolute atomic E-state index is 0.0680. The minimum atomic E-state index is -0.347. The number of ether oxygens (including phenoxy) is 5. The van der Waals surface area contributed by atoms with Gasteiger partial charge in [-0.05, 0) is 30.9 Å². The van der Waals surface area contributed by atoms with Crippen LogP contribution in [-0.4, -0.2) is 59.0 Å². The SMILES string of the molecule is COC(=O)c1ccccc1/C=C/COCCOCCOC1CCCCO1. The highest BCUT2D eigenvalue weighted by atomic mass is 16.7. The summed E-state index contributed by atoms with van der Waals surface area (Å²) < 4.78 is 26.8. The third-order valence-electron chi connectivity index (χ3n) is 3.92. The van der Waals surface area contributed by atoms with Gasteiger partial charge in [-0.3, -0.25) is 0 Å². The van der Waals surface area contributed by atoms with E-state index in [1.807, 2.05) is 30.4 Å². The normalized spacial score (nSPS) is 17.5. The van der Waals surface area contributed by atoms with Crippen molar-refractivity contribution in [2.24, 2.45) is 0 Å². The zero-order chi connectivity index (χ0) is 18.5. The number of hydrogen-bond acceptors (Lipinski definition) is 6. The minimum Gasteiger partial charge on any atom is -0.465 e. The van der Waals surface area contributed by atoms with E-state index in [0.29, 0.717) is 38.6 Å². The van der Waals surface area contributed by atoms with Crippen LogP contribution in [0, 0.1) is 0 Å². The fourth-order valence-electron chi connectivity index (χ4n) is 2.57. The Bertz CT molecular complexity index is 551. The molecule has 26 heavy (non-hydrogen) atoms. The molecule has 1 heterocycles. The molecule has 0 spiro atoms. The van der Waals surface area contributed by atoms with Crippen LogP contribution in [0.25, 0.3) is 6.08 Å². The van der Waals surface area contributed by atoms with E-state index in [0.717, 1.165) is 31.4 Å². The average molecular weight is 364 g/mol. The first-order valence-corrected chi connectivity index (χ1v) is 9.04. The predicted octanol–water partition coefficient (Wildman–Crippen LogP) is 3.06. The summed E-state index contributed by atoms with van der Waals surface area (Å²) in [5.41, 5.74) is 1.35. The lowest BCUT2D eigenvalue weighted by atomic mass is 10.1. The van der Waals surface area contributed by atoms with Gasteiger partial charge in [0, 0.05) is 6.61 Å². The van der Waals surface area contributed by atoms with E-state index in [-0.39, 0.29) is 12.3 Å². The molecule has 6 nitrogen and oxygen atoms in total. The maximum Gasteiger partial charge on any atom is 0.338 e. The molecule has 1 fully saturated rings. The highest BCUT2D eigenvalue weighted by Crippen LogP contribution is 2.13. The lowest BCUT2D eigenvalue weighted by Crippen LogP contribution is -2.24. The molecule has 1 aliphatic rings. The topological polar surface area (TPSA) is 63.2 Å². The molecule has 0 N–H and O–H groups in total. The van der Waals surface area contributed by atoms with E-state index in [1.54, 1.807) is 6.07 Å². The van der Waals surface area contributed by atoms with Crippen LogP contribution in [0.4, 0.5) is 0 Å². The molecule has 1 aliphatic heterocycles. The second-order valence-electron chi connectivity index (χ2n) is 5.84. The maximum atomic E-state index is 11.7. The molecule has 6 heteroatoms. The van der Waals surface area contributed by atoms with Crippen molar-refractivity contribution in [3.05, 3.63) is 41.5 Å². The molecule has 1 aromatic rings.